The van der Waals surface area contributed by atoms with Gasteiger partial charge in [0, 0.05) is 49.8 Å². The average molecular weight is 388 g/mol. The van der Waals surface area contributed by atoms with Crippen molar-refractivity contribution >= 4 is 17.1 Å². The Morgan fingerprint density at radius 3 is 2.28 bits per heavy atom. The van der Waals surface area contributed by atoms with E-state index in [1.807, 2.05) is 16.8 Å². The summed E-state index contributed by atoms with van der Waals surface area (Å²) in [6.45, 7) is 7.00. The number of rotatable bonds is 4. The van der Waals surface area contributed by atoms with Crippen LogP contribution in [0.15, 0.2) is 61.4 Å². The van der Waals surface area contributed by atoms with E-state index >= 15 is 0 Å². The lowest BCUT2D eigenvalue weighted by Crippen LogP contribution is -2.51. The van der Waals surface area contributed by atoms with E-state index < -0.39 is 5.60 Å². The van der Waals surface area contributed by atoms with Crippen LogP contribution in [0.1, 0.15) is 18.4 Å². The number of nitrogens with zero attached hydrogens (tertiary/aromatic N) is 4. The van der Waals surface area contributed by atoms with Gasteiger partial charge in [-0.1, -0.05) is 36.9 Å². The van der Waals surface area contributed by atoms with Gasteiger partial charge in [0.15, 0.2) is 0 Å². The lowest BCUT2D eigenvalue weighted by molar-refractivity contribution is -0.143. The molecule has 2 aromatic heterocycles. The molecule has 0 radical (unpaired) electrons. The molecule has 0 spiro atoms. The fourth-order valence-corrected chi connectivity index (χ4v) is 3.93. The zero-order valence-electron chi connectivity index (χ0n) is 16.3. The minimum absolute atomic E-state index is 0.110. The molecule has 0 unspecified atom stereocenters. The Balaban J connectivity index is 1.25. The van der Waals surface area contributed by atoms with Gasteiger partial charge in [-0.3, -0.25) is 4.79 Å². The zero-order chi connectivity index (χ0) is 20.0. The second-order valence-corrected chi connectivity index (χ2v) is 7.95. The van der Waals surface area contributed by atoms with Gasteiger partial charge in [-0.2, -0.15) is 5.10 Å². The summed E-state index contributed by atoms with van der Waals surface area (Å²) in [6, 6.07) is 14.5. The molecule has 1 aliphatic carbocycles. The maximum absolute atomic E-state index is 12.3. The molecule has 3 heterocycles. The molecule has 0 bridgehead atoms. The van der Waals surface area contributed by atoms with E-state index in [0.717, 1.165) is 41.0 Å². The van der Waals surface area contributed by atoms with E-state index in [2.05, 4.69) is 53.0 Å². The smallest absolute Gasteiger partial charge is 0.254 e. The molecule has 1 amide bonds. The lowest BCUT2D eigenvalue weighted by Gasteiger charge is -2.38. The minimum Gasteiger partial charge on any atom is -0.380 e. The van der Waals surface area contributed by atoms with Gasteiger partial charge in [0.25, 0.3) is 5.91 Å². The average Bonchev–Trinajstić information content (AvgIpc) is 3.34. The van der Waals surface area contributed by atoms with Gasteiger partial charge in [0.05, 0.1) is 5.52 Å². The van der Waals surface area contributed by atoms with Gasteiger partial charge in [0.2, 0.25) is 0 Å². The third-order valence-corrected chi connectivity index (χ3v) is 6.02. The summed E-state index contributed by atoms with van der Waals surface area (Å²) < 4.78 is 1.88. The second kappa shape index (κ2) is 6.74. The normalized spacial score (nSPS) is 18.1. The van der Waals surface area contributed by atoms with Crippen LogP contribution in [0.3, 0.4) is 0 Å². The Bertz CT molecular complexity index is 1070. The van der Waals surface area contributed by atoms with E-state index in [-0.39, 0.29) is 5.91 Å². The van der Waals surface area contributed by atoms with E-state index in [4.69, 9.17) is 0 Å². The number of pyridine rings is 1. The number of fused-ring (bicyclic) bond motifs is 1. The molecule has 3 aromatic rings. The molecule has 6 nitrogen and oxygen atoms in total. The number of hydrogen-bond acceptors (Lipinski definition) is 4. The van der Waals surface area contributed by atoms with Crippen LogP contribution in [0, 0.1) is 0 Å². The molecule has 1 N–H and O–H groups in total. The summed E-state index contributed by atoms with van der Waals surface area (Å²) in [5.74, 6) is -0.110. The monoisotopic (exact) mass is 388 g/mol. The predicted molar refractivity (Wildman–Crippen MR) is 112 cm³/mol. The summed E-state index contributed by atoms with van der Waals surface area (Å²) in [5, 5.41) is 14.3. The summed E-state index contributed by atoms with van der Waals surface area (Å²) in [5.41, 5.74) is 4.29. The number of aliphatic hydroxyl groups is 1. The SMILES string of the molecule is C=C(c1ccc(-c2ccc3ccnn3c2)cc1)N1CCN(C(=O)C2(O)CC2)CC1. The first-order valence-corrected chi connectivity index (χ1v) is 10.0. The zero-order valence-corrected chi connectivity index (χ0v) is 16.3. The van der Waals surface area contributed by atoms with Gasteiger partial charge in [0.1, 0.15) is 5.60 Å². The van der Waals surface area contributed by atoms with Gasteiger partial charge < -0.3 is 14.9 Å². The maximum atomic E-state index is 12.3. The molecule has 1 aliphatic heterocycles. The van der Waals surface area contributed by atoms with E-state index in [0.29, 0.717) is 25.9 Å². The maximum Gasteiger partial charge on any atom is 0.254 e. The molecule has 148 valence electrons. The number of hydrogen-bond donors (Lipinski definition) is 1. The van der Waals surface area contributed by atoms with Gasteiger partial charge in [-0.05, 0) is 36.1 Å². The first kappa shape index (κ1) is 17.9. The van der Waals surface area contributed by atoms with Crippen LogP contribution in [-0.2, 0) is 4.79 Å². The van der Waals surface area contributed by atoms with Crippen molar-refractivity contribution in [2.24, 2.45) is 0 Å². The first-order valence-electron chi connectivity index (χ1n) is 10.0. The summed E-state index contributed by atoms with van der Waals surface area (Å²) in [7, 11) is 0. The Kier molecular flexibility index (Phi) is 4.17. The van der Waals surface area contributed by atoms with Crippen LogP contribution < -0.4 is 0 Å². The Morgan fingerprint density at radius 1 is 0.931 bits per heavy atom. The molecule has 2 aliphatic rings. The number of benzene rings is 1. The molecule has 1 saturated heterocycles. The van der Waals surface area contributed by atoms with Gasteiger partial charge in [-0.15, -0.1) is 0 Å². The number of aromatic nitrogens is 2. The van der Waals surface area contributed by atoms with Crippen molar-refractivity contribution in [1.82, 2.24) is 19.4 Å². The molecule has 1 saturated carbocycles. The van der Waals surface area contributed by atoms with Crippen molar-refractivity contribution in [1.29, 1.82) is 0 Å². The fourth-order valence-electron chi connectivity index (χ4n) is 3.93. The van der Waals surface area contributed by atoms with Crippen LogP contribution in [-0.4, -0.2) is 62.2 Å². The van der Waals surface area contributed by atoms with Crippen molar-refractivity contribution in [3.63, 3.8) is 0 Å². The van der Waals surface area contributed by atoms with E-state index in [9.17, 15) is 9.90 Å². The highest BCUT2D eigenvalue weighted by atomic mass is 16.3. The third kappa shape index (κ3) is 3.29. The van der Waals surface area contributed by atoms with Crippen molar-refractivity contribution in [2.75, 3.05) is 26.2 Å². The highest BCUT2D eigenvalue weighted by Gasteiger charge is 2.50. The molecule has 1 aromatic carbocycles. The predicted octanol–water partition coefficient (Wildman–Crippen LogP) is 2.64. The number of piperazine rings is 1. The highest BCUT2D eigenvalue weighted by molar-refractivity contribution is 5.88. The summed E-state index contributed by atoms with van der Waals surface area (Å²) in [6.07, 6.45) is 5.02. The standard InChI is InChI=1S/C23H24N4O2/c1-17(25-12-14-26(15-13-25)22(28)23(29)9-10-23)18-2-4-19(5-3-18)20-6-7-21-8-11-24-27(21)16-20/h2-8,11,16,29H,1,9-10,12-15H2. The van der Waals surface area contributed by atoms with Crippen LogP contribution in [0.5, 0.6) is 0 Å². The topological polar surface area (TPSA) is 61.1 Å². The van der Waals surface area contributed by atoms with Crippen LogP contribution in [0.2, 0.25) is 0 Å². The first-order chi connectivity index (χ1) is 14.0. The Morgan fingerprint density at radius 2 is 1.59 bits per heavy atom. The molecule has 5 rings (SSSR count). The molecular weight excluding hydrogens is 364 g/mol. The lowest BCUT2D eigenvalue weighted by atomic mass is 10.0. The summed E-state index contributed by atoms with van der Waals surface area (Å²) >= 11 is 0. The number of carbonyl (C=O) groups is 1. The van der Waals surface area contributed by atoms with Crippen LogP contribution >= 0.6 is 0 Å². The van der Waals surface area contributed by atoms with E-state index in [1.165, 1.54) is 0 Å². The Labute approximate surface area is 169 Å². The quantitative estimate of drug-likeness (QED) is 0.747. The molecule has 29 heavy (non-hydrogen) atoms. The van der Waals surface area contributed by atoms with Gasteiger partial charge in [-0.25, -0.2) is 4.52 Å². The molecule has 6 heteroatoms. The second-order valence-electron chi connectivity index (χ2n) is 7.95. The molecular formula is C23H24N4O2. The largest absolute Gasteiger partial charge is 0.380 e. The third-order valence-electron chi connectivity index (χ3n) is 6.02. The van der Waals surface area contributed by atoms with Crippen molar-refractivity contribution < 1.29 is 9.90 Å². The van der Waals surface area contributed by atoms with Gasteiger partial charge >= 0.3 is 0 Å². The highest BCUT2D eigenvalue weighted by Crippen LogP contribution is 2.37. The van der Waals surface area contributed by atoms with Crippen LogP contribution in [0.4, 0.5) is 0 Å². The van der Waals surface area contributed by atoms with Crippen molar-refractivity contribution in [3.05, 3.63) is 67.0 Å². The molecule has 2 fully saturated rings. The van der Waals surface area contributed by atoms with Crippen molar-refractivity contribution in [2.45, 2.75) is 18.4 Å². The van der Waals surface area contributed by atoms with Crippen LogP contribution in [0.25, 0.3) is 22.3 Å². The Hall–Kier alpha value is -3.12. The molecule has 0 atom stereocenters. The number of amides is 1. The van der Waals surface area contributed by atoms with Crippen molar-refractivity contribution in [3.8, 4) is 11.1 Å². The minimum atomic E-state index is -1.08. The van der Waals surface area contributed by atoms with E-state index in [1.54, 1.807) is 11.1 Å². The number of carbonyl (C=O) groups excluding carboxylic acids is 1. The fraction of sp³-hybridized carbons (Fsp3) is 0.304. The summed E-state index contributed by atoms with van der Waals surface area (Å²) in [4.78, 5) is 16.3.